The standard InChI is InChI=1S/C17H23N3O2/c1-4-15-8-9-16(22-15)17(21)20(12-11-19(2)3)13-14-7-5-6-10-18-14/h5-10H,4,11-13H2,1-3H3. The molecule has 0 atom stereocenters. The highest BCUT2D eigenvalue weighted by Gasteiger charge is 2.20. The molecule has 0 aromatic carbocycles. The highest BCUT2D eigenvalue weighted by molar-refractivity contribution is 5.91. The summed E-state index contributed by atoms with van der Waals surface area (Å²) >= 11 is 0. The van der Waals surface area contributed by atoms with Gasteiger partial charge in [-0.1, -0.05) is 13.0 Å². The molecule has 2 aromatic rings. The van der Waals surface area contributed by atoms with Crippen LogP contribution in [-0.2, 0) is 13.0 Å². The average molecular weight is 301 g/mol. The number of hydrogen-bond donors (Lipinski definition) is 0. The van der Waals surface area contributed by atoms with Crippen LogP contribution < -0.4 is 0 Å². The maximum Gasteiger partial charge on any atom is 0.289 e. The fourth-order valence-electron chi connectivity index (χ4n) is 2.10. The zero-order valence-electron chi connectivity index (χ0n) is 13.5. The van der Waals surface area contributed by atoms with E-state index >= 15 is 0 Å². The summed E-state index contributed by atoms with van der Waals surface area (Å²) in [5.74, 6) is 1.13. The number of furan rings is 1. The number of aryl methyl sites for hydroxylation is 1. The minimum atomic E-state index is -0.0906. The molecule has 0 aliphatic rings. The summed E-state index contributed by atoms with van der Waals surface area (Å²) < 4.78 is 5.59. The molecule has 2 heterocycles. The number of pyridine rings is 1. The summed E-state index contributed by atoms with van der Waals surface area (Å²) in [7, 11) is 3.98. The van der Waals surface area contributed by atoms with Crippen molar-refractivity contribution >= 4 is 5.91 Å². The Morgan fingerprint density at radius 3 is 2.59 bits per heavy atom. The summed E-state index contributed by atoms with van der Waals surface area (Å²) in [4.78, 5) is 20.8. The van der Waals surface area contributed by atoms with Crippen LogP contribution in [0.2, 0.25) is 0 Å². The van der Waals surface area contributed by atoms with Gasteiger partial charge in [0.25, 0.3) is 5.91 Å². The van der Waals surface area contributed by atoms with E-state index in [0.717, 1.165) is 24.4 Å². The van der Waals surface area contributed by atoms with Crippen molar-refractivity contribution in [1.82, 2.24) is 14.8 Å². The smallest absolute Gasteiger partial charge is 0.289 e. The van der Waals surface area contributed by atoms with Gasteiger partial charge in [0, 0.05) is 25.7 Å². The topological polar surface area (TPSA) is 49.6 Å². The van der Waals surface area contributed by atoms with E-state index in [0.29, 0.717) is 18.8 Å². The van der Waals surface area contributed by atoms with Gasteiger partial charge in [0.1, 0.15) is 5.76 Å². The fourth-order valence-corrected chi connectivity index (χ4v) is 2.10. The van der Waals surface area contributed by atoms with Crippen LogP contribution in [0.4, 0.5) is 0 Å². The molecule has 2 rings (SSSR count). The van der Waals surface area contributed by atoms with Crippen molar-refractivity contribution in [2.75, 3.05) is 27.2 Å². The van der Waals surface area contributed by atoms with Gasteiger partial charge in [-0.15, -0.1) is 0 Å². The van der Waals surface area contributed by atoms with Crippen LogP contribution in [0.3, 0.4) is 0 Å². The van der Waals surface area contributed by atoms with E-state index in [1.54, 1.807) is 17.2 Å². The van der Waals surface area contributed by atoms with Gasteiger partial charge in [-0.3, -0.25) is 9.78 Å². The molecule has 0 fully saturated rings. The number of rotatable bonds is 7. The Balaban J connectivity index is 2.13. The van der Waals surface area contributed by atoms with E-state index in [4.69, 9.17) is 4.42 Å². The van der Waals surface area contributed by atoms with Gasteiger partial charge in [-0.25, -0.2) is 0 Å². The van der Waals surface area contributed by atoms with E-state index in [1.165, 1.54) is 0 Å². The number of aromatic nitrogens is 1. The lowest BCUT2D eigenvalue weighted by molar-refractivity contribution is 0.0696. The quantitative estimate of drug-likeness (QED) is 0.788. The summed E-state index contributed by atoms with van der Waals surface area (Å²) in [6.07, 6.45) is 2.53. The predicted octanol–water partition coefficient (Wildman–Crippen LogP) is 2.44. The van der Waals surface area contributed by atoms with Crippen LogP contribution in [0.25, 0.3) is 0 Å². The van der Waals surface area contributed by atoms with Gasteiger partial charge in [-0.2, -0.15) is 0 Å². The van der Waals surface area contributed by atoms with Gasteiger partial charge < -0.3 is 14.2 Å². The molecular formula is C17H23N3O2. The first kappa shape index (κ1) is 16.2. The number of carbonyl (C=O) groups is 1. The van der Waals surface area contributed by atoms with E-state index in [9.17, 15) is 4.79 Å². The van der Waals surface area contributed by atoms with Crippen LogP contribution >= 0.6 is 0 Å². The van der Waals surface area contributed by atoms with E-state index in [1.807, 2.05) is 45.3 Å². The van der Waals surface area contributed by atoms with Crippen molar-refractivity contribution < 1.29 is 9.21 Å². The van der Waals surface area contributed by atoms with Crippen molar-refractivity contribution in [3.8, 4) is 0 Å². The summed E-state index contributed by atoms with van der Waals surface area (Å²) in [5.41, 5.74) is 0.872. The maximum atomic E-state index is 12.7. The summed E-state index contributed by atoms with van der Waals surface area (Å²) in [6.45, 7) is 3.91. The molecule has 5 heteroatoms. The molecule has 0 aliphatic heterocycles. The van der Waals surface area contributed by atoms with Gasteiger partial charge in [0.2, 0.25) is 0 Å². The van der Waals surface area contributed by atoms with Crippen molar-refractivity contribution in [3.63, 3.8) is 0 Å². The number of nitrogens with zero attached hydrogens (tertiary/aromatic N) is 3. The number of hydrogen-bond acceptors (Lipinski definition) is 4. The lowest BCUT2D eigenvalue weighted by Crippen LogP contribution is -2.36. The molecule has 0 N–H and O–H groups in total. The largest absolute Gasteiger partial charge is 0.456 e. The third kappa shape index (κ3) is 4.43. The molecular weight excluding hydrogens is 278 g/mol. The second-order valence-electron chi connectivity index (χ2n) is 5.47. The second kappa shape index (κ2) is 7.75. The van der Waals surface area contributed by atoms with Crippen molar-refractivity contribution in [1.29, 1.82) is 0 Å². The molecule has 0 radical (unpaired) electrons. The normalized spacial score (nSPS) is 10.9. The monoisotopic (exact) mass is 301 g/mol. The predicted molar refractivity (Wildman–Crippen MR) is 85.6 cm³/mol. The first-order chi connectivity index (χ1) is 10.6. The summed E-state index contributed by atoms with van der Waals surface area (Å²) in [5, 5.41) is 0. The molecule has 1 amide bonds. The zero-order valence-corrected chi connectivity index (χ0v) is 13.5. The van der Waals surface area contributed by atoms with Gasteiger partial charge in [-0.05, 0) is 38.4 Å². The number of carbonyl (C=O) groups excluding carboxylic acids is 1. The number of likely N-dealkylation sites (N-methyl/N-ethyl adjacent to an activating group) is 1. The minimum absolute atomic E-state index is 0.0906. The van der Waals surface area contributed by atoms with Crippen LogP contribution in [0.5, 0.6) is 0 Å². The maximum absolute atomic E-state index is 12.7. The first-order valence-electron chi connectivity index (χ1n) is 7.52. The Morgan fingerprint density at radius 2 is 2.00 bits per heavy atom. The Bertz CT molecular complexity index is 593. The average Bonchev–Trinajstić information content (AvgIpc) is 3.00. The van der Waals surface area contributed by atoms with Crippen LogP contribution in [0.1, 0.15) is 28.9 Å². The molecule has 0 saturated carbocycles. The highest BCUT2D eigenvalue weighted by atomic mass is 16.4. The molecule has 2 aromatic heterocycles. The van der Waals surface area contributed by atoms with Crippen molar-refractivity contribution in [3.05, 3.63) is 53.7 Å². The third-order valence-corrected chi connectivity index (χ3v) is 3.40. The molecule has 0 unspecified atom stereocenters. The van der Waals surface area contributed by atoms with Crippen LogP contribution in [-0.4, -0.2) is 47.9 Å². The van der Waals surface area contributed by atoms with Gasteiger partial charge >= 0.3 is 0 Å². The van der Waals surface area contributed by atoms with E-state index in [2.05, 4.69) is 9.88 Å². The fraction of sp³-hybridized carbons (Fsp3) is 0.412. The van der Waals surface area contributed by atoms with E-state index in [-0.39, 0.29) is 5.91 Å². The zero-order chi connectivity index (χ0) is 15.9. The Morgan fingerprint density at radius 1 is 1.18 bits per heavy atom. The molecule has 22 heavy (non-hydrogen) atoms. The third-order valence-electron chi connectivity index (χ3n) is 3.40. The Kier molecular flexibility index (Phi) is 5.72. The molecule has 118 valence electrons. The molecule has 0 spiro atoms. The lowest BCUT2D eigenvalue weighted by atomic mass is 10.3. The highest BCUT2D eigenvalue weighted by Crippen LogP contribution is 2.13. The summed E-state index contributed by atoms with van der Waals surface area (Å²) in [6, 6.07) is 9.34. The minimum Gasteiger partial charge on any atom is -0.456 e. The molecule has 5 nitrogen and oxygen atoms in total. The molecule has 0 aliphatic carbocycles. The van der Waals surface area contributed by atoms with Crippen molar-refractivity contribution in [2.24, 2.45) is 0 Å². The Hall–Kier alpha value is -2.14. The van der Waals surface area contributed by atoms with Gasteiger partial charge in [0.15, 0.2) is 5.76 Å². The Labute approximate surface area is 131 Å². The first-order valence-corrected chi connectivity index (χ1v) is 7.52. The SMILES string of the molecule is CCc1ccc(C(=O)N(CCN(C)C)Cc2ccccn2)o1. The van der Waals surface area contributed by atoms with Crippen LogP contribution in [0.15, 0.2) is 40.9 Å². The van der Waals surface area contributed by atoms with Gasteiger partial charge in [0.05, 0.1) is 12.2 Å². The van der Waals surface area contributed by atoms with E-state index < -0.39 is 0 Å². The van der Waals surface area contributed by atoms with Crippen molar-refractivity contribution in [2.45, 2.75) is 19.9 Å². The molecule has 0 bridgehead atoms. The second-order valence-corrected chi connectivity index (χ2v) is 5.47. The number of amides is 1. The lowest BCUT2D eigenvalue weighted by Gasteiger charge is -2.23. The molecule has 0 saturated heterocycles. The van der Waals surface area contributed by atoms with Crippen LogP contribution in [0, 0.1) is 0 Å².